The van der Waals surface area contributed by atoms with Crippen molar-refractivity contribution in [3.63, 3.8) is 0 Å². The first kappa shape index (κ1) is 8.50. The van der Waals surface area contributed by atoms with Gasteiger partial charge in [0.2, 0.25) is 5.43 Å². The summed E-state index contributed by atoms with van der Waals surface area (Å²) in [5, 5.41) is 4.81. The SMILES string of the molecule is Cc1nn(C)c2[nH]cc(Br)c(=O)c12. The van der Waals surface area contributed by atoms with Gasteiger partial charge in [-0.2, -0.15) is 5.10 Å². The molecule has 4 nitrogen and oxygen atoms in total. The first-order chi connectivity index (χ1) is 6.11. The van der Waals surface area contributed by atoms with Crippen LogP contribution in [-0.4, -0.2) is 14.8 Å². The summed E-state index contributed by atoms with van der Waals surface area (Å²) in [6.07, 6.45) is 1.63. The lowest BCUT2D eigenvalue weighted by atomic mass is 10.3. The molecule has 2 heterocycles. The summed E-state index contributed by atoms with van der Waals surface area (Å²) in [5.41, 5.74) is 1.49. The standard InChI is InChI=1S/C8H8BrN3O/c1-4-6-7(13)5(9)3-10-8(6)12(2)11-4/h3H,1-2H3,(H,10,13). The van der Waals surface area contributed by atoms with Crippen molar-refractivity contribution >= 4 is 27.0 Å². The molecule has 0 amide bonds. The Morgan fingerprint density at radius 1 is 1.62 bits per heavy atom. The predicted molar refractivity (Wildman–Crippen MR) is 53.8 cm³/mol. The number of hydrogen-bond acceptors (Lipinski definition) is 2. The molecule has 0 saturated carbocycles. The van der Waals surface area contributed by atoms with Crippen LogP contribution in [0.1, 0.15) is 5.69 Å². The van der Waals surface area contributed by atoms with Crippen LogP contribution in [0.3, 0.4) is 0 Å². The van der Waals surface area contributed by atoms with E-state index in [0.29, 0.717) is 9.86 Å². The molecule has 0 atom stereocenters. The molecule has 0 aromatic carbocycles. The second-order valence-corrected chi connectivity index (χ2v) is 3.75. The molecule has 0 unspecified atom stereocenters. The van der Waals surface area contributed by atoms with Crippen molar-refractivity contribution in [2.45, 2.75) is 6.92 Å². The number of H-pyrrole nitrogens is 1. The topological polar surface area (TPSA) is 50.7 Å². The smallest absolute Gasteiger partial charge is 0.207 e. The molecule has 5 heteroatoms. The summed E-state index contributed by atoms with van der Waals surface area (Å²) < 4.78 is 2.20. The van der Waals surface area contributed by atoms with Gasteiger partial charge in [0.25, 0.3) is 0 Å². The molecule has 0 aliphatic heterocycles. The van der Waals surface area contributed by atoms with Crippen LogP contribution in [0, 0.1) is 6.92 Å². The number of aryl methyl sites for hydroxylation is 2. The van der Waals surface area contributed by atoms with Crippen molar-refractivity contribution < 1.29 is 0 Å². The number of aromatic amines is 1. The molecule has 0 aliphatic carbocycles. The Morgan fingerprint density at radius 3 is 3.00 bits per heavy atom. The van der Waals surface area contributed by atoms with E-state index >= 15 is 0 Å². The molecule has 0 bridgehead atoms. The molecule has 68 valence electrons. The zero-order valence-corrected chi connectivity index (χ0v) is 8.84. The number of nitrogens with one attached hydrogen (secondary N) is 1. The average molecular weight is 242 g/mol. The quantitative estimate of drug-likeness (QED) is 0.757. The van der Waals surface area contributed by atoms with E-state index in [0.717, 1.165) is 11.3 Å². The van der Waals surface area contributed by atoms with Crippen molar-refractivity contribution in [3.05, 3.63) is 26.6 Å². The van der Waals surface area contributed by atoms with Gasteiger partial charge < -0.3 is 4.98 Å². The summed E-state index contributed by atoms with van der Waals surface area (Å²) in [5.74, 6) is 0. The highest BCUT2D eigenvalue weighted by atomic mass is 79.9. The van der Waals surface area contributed by atoms with Gasteiger partial charge in [0.15, 0.2) is 0 Å². The number of pyridine rings is 1. The Kier molecular flexibility index (Phi) is 1.76. The lowest BCUT2D eigenvalue weighted by Crippen LogP contribution is -2.03. The number of rotatable bonds is 0. The van der Waals surface area contributed by atoms with Crippen LogP contribution >= 0.6 is 15.9 Å². The van der Waals surface area contributed by atoms with Crippen LogP contribution in [0.2, 0.25) is 0 Å². The van der Waals surface area contributed by atoms with Crippen LogP contribution < -0.4 is 5.43 Å². The third kappa shape index (κ3) is 1.11. The highest BCUT2D eigenvalue weighted by Crippen LogP contribution is 2.13. The number of halogens is 1. The zero-order chi connectivity index (χ0) is 9.59. The van der Waals surface area contributed by atoms with Crippen molar-refractivity contribution in [2.24, 2.45) is 7.05 Å². The van der Waals surface area contributed by atoms with Crippen molar-refractivity contribution in [2.75, 3.05) is 0 Å². The summed E-state index contributed by atoms with van der Waals surface area (Å²) in [6, 6.07) is 0. The Morgan fingerprint density at radius 2 is 2.31 bits per heavy atom. The molecule has 0 aliphatic rings. The van der Waals surface area contributed by atoms with E-state index in [1.54, 1.807) is 17.9 Å². The Bertz CT molecular complexity index is 526. The van der Waals surface area contributed by atoms with E-state index in [4.69, 9.17) is 0 Å². The maximum atomic E-state index is 11.6. The van der Waals surface area contributed by atoms with Gasteiger partial charge in [-0.1, -0.05) is 0 Å². The molecule has 13 heavy (non-hydrogen) atoms. The van der Waals surface area contributed by atoms with E-state index in [1.807, 2.05) is 6.92 Å². The summed E-state index contributed by atoms with van der Waals surface area (Å²) in [4.78, 5) is 14.6. The lowest BCUT2D eigenvalue weighted by Gasteiger charge is -1.93. The van der Waals surface area contributed by atoms with E-state index in [9.17, 15) is 4.79 Å². The van der Waals surface area contributed by atoms with Crippen LogP contribution in [0.15, 0.2) is 15.5 Å². The minimum atomic E-state index is -0.0145. The van der Waals surface area contributed by atoms with E-state index < -0.39 is 0 Å². The molecule has 0 spiro atoms. The van der Waals surface area contributed by atoms with Gasteiger partial charge in [-0.25, -0.2) is 0 Å². The molecular weight excluding hydrogens is 234 g/mol. The van der Waals surface area contributed by atoms with Gasteiger partial charge in [0.05, 0.1) is 15.6 Å². The largest absolute Gasteiger partial charge is 0.345 e. The van der Waals surface area contributed by atoms with Crippen molar-refractivity contribution in [1.29, 1.82) is 0 Å². The normalized spacial score (nSPS) is 11.0. The summed E-state index contributed by atoms with van der Waals surface area (Å²) in [6.45, 7) is 1.82. The second kappa shape index (κ2) is 2.70. The van der Waals surface area contributed by atoms with Gasteiger partial charge in [-0.3, -0.25) is 9.48 Å². The van der Waals surface area contributed by atoms with E-state index in [-0.39, 0.29) is 5.43 Å². The monoisotopic (exact) mass is 241 g/mol. The number of fused-ring (bicyclic) bond motifs is 1. The Labute approximate surface area is 82.7 Å². The predicted octanol–water partition coefficient (Wildman–Crippen LogP) is 1.33. The first-order valence-corrected chi connectivity index (χ1v) is 4.61. The molecule has 0 radical (unpaired) electrons. The maximum absolute atomic E-state index is 11.6. The summed E-state index contributed by atoms with van der Waals surface area (Å²) in [7, 11) is 1.80. The fraction of sp³-hybridized carbons (Fsp3) is 0.250. The molecule has 0 saturated heterocycles. The maximum Gasteiger partial charge on any atom is 0.207 e. The van der Waals surface area contributed by atoms with E-state index in [2.05, 4.69) is 26.0 Å². The van der Waals surface area contributed by atoms with Gasteiger partial charge in [0.1, 0.15) is 5.65 Å². The minimum absolute atomic E-state index is 0.0145. The van der Waals surface area contributed by atoms with Crippen LogP contribution in [-0.2, 0) is 7.05 Å². The Hall–Kier alpha value is -1.10. The molecule has 1 N–H and O–H groups in total. The third-order valence-electron chi connectivity index (χ3n) is 2.00. The first-order valence-electron chi connectivity index (χ1n) is 3.81. The van der Waals surface area contributed by atoms with Gasteiger partial charge in [-0.15, -0.1) is 0 Å². The molecule has 2 rings (SSSR count). The molecule has 2 aromatic heterocycles. The molecule has 2 aromatic rings. The fourth-order valence-corrected chi connectivity index (χ4v) is 1.72. The molecular formula is C8H8BrN3O. The Balaban J connectivity index is 3.08. The lowest BCUT2D eigenvalue weighted by molar-refractivity contribution is 0.773. The van der Waals surface area contributed by atoms with E-state index in [1.165, 1.54) is 0 Å². The number of hydrogen-bond donors (Lipinski definition) is 1. The van der Waals surface area contributed by atoms with Crippen molar-refractivity contribution in [3.8, 4) is 0 Å². The van der Waals surface area contributed by atoms with Crippen molar-refractivity contribution in [1.82, 2.24) is 14.8 Å². The molecule has 0 fully saturated rings. The highest BCUT2D eigenvalue weighted by Gasteiger charge is 2.10. The van der Waals surface area contributed by atoms with Crippen LogP contribution in [0.4, 0.5) is 0 Å². The third-order valence-corrected chi connectivity index (χ3v) is 2.59. The van der Waals surface area contributed by atoms with Crippen LogP contribution in [0.5, 0.6) is 0 Å². The number of aromatic nitrogens is 3. The second-order valence-electron chi connectivity index (χ2n) is 2.90. The minimum Gasteiger partial charge on any atom is -0.345 e. The summed E-state index contributed by atoms with van der Waals surface area (Å²) >= 11 is 3.18. The fourth-order valence-electron chi connectivity index (χ4n) is 1.41. The zero-order valence-electron chi connectivity index (χ0n) is 7.26. The highest BCUT2D eigenvalue weighted by molar-refractivity contribution is 9.10. The van der Waals surface area contributed by atoms with Gasteiger partial charge in [-0.05, 0) is 22.9 Å². The van der Waals surface area contributed by atoms with Gasteiger partial charge >= 0.3 is 0 Å². The number of nitrogens with zero attached hydrogens (tertiary/aromatic N) is 2. The average Bonchev–Trinajstić information content (AvgIpc) is 2.35. The van der Waals surface area contributed by atoms with Gasteiger partial charge in [0, 0.05) is 13.2 Å². The van der Waals surface area contributed by atoms with Crippen LogP contribution in [0.25, 0.3) is 11.0 Å².